The van der Waals surface area contributed by atoms with Crippen LogP contribution in [0.4, 0.5) is 0 Å². The predicted molar refractivity (Wildman–Crippen MR) is 58.4 cm³/mol. The molecule has 0 aromatic heterocycles. The second-order valence-corrected chi connectivity index (χ2v) is 3.97. The van der Waals surface area contributed by atoms with Crippen LogP contribution in [0.1, 0.15) is 25.0 Å². The summed E-state index contributed by atoms with van der Waals surface area (Å²) in [5.74, 6) is 0. The monoisotopic (exact) mass is 224 g/mol. The van der Waals surface area contributed by atoms with Gasteiger partial charge in [0.25, 0.3) is 0 Å². The first-order chi connectivity index (χ1) is 5.61. The van der Waals surface area contributed by atoms with Gasteiger partial charge in [-0.1, -0.05) is 51.3 Å². The Labute approximate surface area is 82.4 Å². The summed E-state index contributed by atoms with van der Waals surface area (Å²) in [6.45, 7) is 6.30. The lowest BCUT2D eigenvalue weighted by Gasteiger charge is -2.02. The van der Waals surface area contributed by atoms with Gasteiger partial charge in [-0.3, -0.25) is 0 Å². The Morgan fingerprint density at radius 2 is 1.58 bits per heavy atom. The van der Waals surface area contributed by atoms with Crippen molar-refractivity contribution in [3.63, 3.8) is 0 Å². The molecule has 0 aliphatic carbocycles. The highest BCUT2D eigenvalue weighted by Crippen LogP contribution is 2.24. The molecule has 1 aromatic rings. The molecule has 12 heavy (non-hydrogen) atoms. The van der Waals surface area contributed by atoms with Crippen LogP contribution in [0.3, 0.4) is 0 Å². The highest BCUT2D eigenvalue weighted by Gasteiger charge is 1.97. The quantitative estimate of drug-likeness (QED) is 0.673. The third kappa shape index (κ3) is 2.21. The fourth-order valence-corrected chi connectivity index (χ4v) is 1.25. The summed E-state index contributed by atoms with van der Waals surface area (Å²) < 4.78 is 1.20. The average Bonchev–Trinajstić information content (AvgIpc) is 2.04. The second kappa shape index (κ2) is 3.90. The third-order valence-corrected chi connectivity index (χ3v) is 2.99. The summed E-state index contributed by atoms with van der Waals surface area (Å²) in [7, 11) is 0. The molecule has 0 unspecified atom stereocenters. The van der Waals surface area contributed by atoms with Crippen LogP contribution < -0.4 is 0 Å². The summed E-state index contributed by atoms with van der Waals surface area (Å²) in [6.07, 6.45) is 0. The van der Waals surface area contributed by atoms with Crippen molar-refractivity contribution in [2.24, 2.45) is 0 Å². The molecular weight excluding hydrogens is 212 g/mol. The number of hydrogen-bond acceptors (Lipinski definition) is 0. The number of halogens is 1. The molecular formula is C11H13Br. The molecule has 0 bridgehead atoms. The Bertz CT molecular complexity index is 289. The molecule has 0 heterocycles. The summed E-state index contributed by atoms with van der Waals surface area (Å²) in [5, 5.41) is 0. The Balaban J connectivity index is 3.06. The average molecular weight is 225 g/mol. The van der Waals surface area contributed by atoms with Crippen LogP contribution in [0.25, 0.3) is 4.48 Å². The second-order valence-electron chi connectivity index (χ2n) is 3.18. The minimum atomic E-state index is 1.20. The van der Waals surface area contributed by atoms with Crippen molar-refractivity contribution < 1.29 is 0 Å². The summed E-state index contributed by atoms with van der Waals surface area (Å²) >= 11 is 3.55. The van der Waals surface area contributed by atoms with E-state index in [0.717, 1.165) is 0 Å². The maximum Gasteiger partial charge on any atom is 0.0234 e. The van der Waals surface area contributed by atoms with Crippen LogP contribution in [0.15, 0.2) is 29.8 Å². The lowest BCUT2D eigenvalue weighted by Crippen LogP contribution is -1.79. The maximum atomic E-state index is 3.55. The summed E-state index contributed by atoms with van der Waals surface area (Å²) in [6, 6.07) is 8.51. The first-order valence-electron chi connectivity index (χ1n) is 4.01. The molecule has 0 amide bonds. The molecule has 0 saturated heterocycles. The smallest absolute Gasteiger partial charge is 0.0234 e. The SMILES string of the molecule is CC(C)=C(Br)c1ccc(C)cc1. The van der Waals surface area contributed by atoms with E-state index in [2.05, 4.69) is 61.0 Å². The number of benzene rings is 1. The van der Waals surface area contributed by atoms with Gasteiger partial charge in [-0.15, -0.1) is 0 Å². The van der Waals surface area contributed by atoms with Crippen molar-refractivity contribution in [1.82, 2.24) is 0 Å². The molecule has 0 N–H and O–H groups in total. The van der Waals surface area contributed by atoms with Gasteiger partial charge in [-0.25, -0.2) is 0 Å². The highest BCUT2D eigenvalue weighted by atomic mass is 79.9. The standard InChI is InChI=1S/C11H13Br/c1-8(2)11(12)10-6-4-9(3)5-7-10/h4-7H,1-3H3. The molecule has 1 rings (SSSR count). The molecule has 1 aromatic carbocycles. The van der Waals surface area contributed by atoms with E-state index in [9.17, 15) is 0 Å². The first-order valence-corrected chi connectivity index (χ1v) is 4.80. The van der Waals surface area contributed by atoms with Crippen LogP contribution in [-0.2, 0) is 0 Å². The van der Waals surface area contributed by atoms with Gasteiger partial charge in [-0.2, -0.15) is 0 Å². The maximum absolute atomic E-state index is 3.55. The number of aryl methyl sites for hydroxylation is 1. The van der Waals surface area contributed by atoms with E-state index >= 15 is 0 Å². The summed E-state index contributed by atoms with van der Waals surface area (Å²) in [4.78, 5) is 0. The van der Waals surface area contributed by atoms with E-state index in [1.165, 1.54) is 21.2 Å². The minimum absolute atomic E-state index is 1.20. The zero-order chi connectivity index (χ0) is 9.14. The van der Waals surface area contributed by atoms with E-state index in [1.807, 2.05) is 0 Å². The molecule has 1 heteroatoms. The topological polar surface area (TPSA) is 0 Å². The van der Waals surface area contributed by atoms with Gasteiger partial charge in [0.1, 0.15) is 0 Å². The van der Waals surface area contributed by atoms with Crippen LogP contribution in [0.5, 0.6) is 0 Å². The van der Waals surface area contributed by atoms with E-state index in [0.29, 0.717) is 0 Å². The summed E-state index contributed by atoms with van der Waals surface area (Å²) in [5.41, 5.74) is 3.85. The van der Waals surface area contributed by atoms with Gasteiger partial charge < -0.3 is 0 Å². The Morgan fingerprint density at radius 3 is 2.00 bits per heavy atom. The highest BCUT2D eigenvalue weighted by molar-refractivity contribution is 9.15. The van der Waals surface area contributed by atoms with E-state index in [4.69, 9.17) is 0 Å². The van der Waals surface area contributed by atoms with Gasteiger partial charge in [0.2, 0.25) is 0 Å². The zero-order valence-electron chi connectivity index (χ0n) is 7.69. The van der Waals surface area contributed by atoms with Crippen molar-refractivity contribution in [2.45, 2.75) is 20.8 Å². The Kier molecular flexibility index (Phi) is 3.10. The normalized spacial score (nSPS) is 9.67. The molecule has 0 nitrogen and oxygen atoms in total. The van der Waals surface area contributed by atoms with Gasteiger partial charge in [0.05, 0.1) is 0 Å². The zero-order valence-corrected chi connectivity index (χ0v) is 9.27. The lowest BCUT2D eigenvalue weighted by molar-refractivity contribution is 1.40. The fourth-order valence-electron chi connectivity index (χ4n) is 0.989. The number of rotatable bonds is 1. The van der Waals surface area contributed by atoms with Crippen LogP contribution in [0.2, 0.25) is 0 Å². The lowest BCUT2D eigenvalue weighted by atomic mass is 10.1. The van der Waals surface area contributed by atoms with Gasteiger partial charge in [0, 0.05) is 4.48 Å². The molecule has 64 valence electrons. The van der Waals surface area contributed by atoms with Crippen molar-refractivity contribution in [2.75, 3.05) is 0 Å². The Morgan fingerprint density at radius 1 is 1.08 bits per heavy atom. The van der Waals surface area contributed by atoms with E-state index in [-0.39, 0.29) is 0 Å². The Hall–Kier alpha value is -0.560. The van der Waals surface area contributed by atoms with E-state index in [1.54, 1.807) is 0 Å². The van der Waals surface area contributed by atoms with Crippen LogP contribution in [-0.4, -0.2) is 0 Å². The first kappa shape index (κ1) is 9.53. The molecule has 0 aliphatic heterocycles. The van der Waals surface area contributed by atoms with Crippen LogP contribution in [0, 0.1) is 6.92 Å². The molecule has 0 radical (unpaired) electrons. The van der Waals surface area contributed by atoms with Crippen molar-refractivity contribution >= 4 is 20.4 Å². The third-order valence-electron chi connectivity index (χ3n) is 1.74. The number of allylic oxidation sites excluding steroid dienone is 1. The predicted octanol–water partition coefficient (Wildman–Crippen LogP) is 4.14. The molecule has 0 aliphatic rings. The molecule has 0 fully saturated rings. The molecule has 0 atom stereocenters. The fraction of sp³-hybridized carbons (Fsp3) is 0.273. The molecule has 0 saturated carbocycles. The van der Waals surface area contributed by atoms with Gasteiger partial charge >= 0.3 is 0 Å². The minimum Gasteiger partial charge on any atom is -0.0616 e. The van der Waals surface area contributed by atoms with Crippen LogP contribution >= 0.6 is 15.9 Å². The number of hydrogen-bond donors (Lipinski definition) is 0. The van der Waals surface area contributed by atoms with Crippen molar-refractivity contribution in [1.29, 1.82) is 0 Å². The van der Waals surface area contributed by atoms with Crippen molar-refractivity contribution in [3.05, 3.63) is 41.0 Å². The largest absolute Gasteiger partial charge is 0.0616 e. The van der Waals surface area contributed by atoms with Gasteiger partial charge in [-0.05, 0) is 26.3 Å². The molecule has 0 spiro atoms. The van der Waals surface area contributed by atoms with E-state index < -0.39 is 0 Å². The van der Waals surface area contributed by atoms with Crippen molar-refractivity contribution in [3.8, 4) is 0 Å². The van der Waals surface area contributed by atoms with Gasteiger partial charge in [0.15, 0.2) is 0 Å².